The fourth-order valence-corrected chi connectivity index (χ4v) is 1.92. The number of unbranched alkanes of at least 4 members (excludes halogenated alkanes) is 1. The first-order valence-corrected chi connectivity index (χ1v) is 6.20. The summed E-state index contributed by atoms with van der Waals surface area (Å²) in [4.78, 5) is 11.4. The van der Waals surface area contributed by atoms with Crippen LogP contribution in [-0.2, 0) is 4.79 Å². The molecule has 0 aliphatic heterocycles. The first-order chi connectivity index (χ1) is 6.57. The number of thioether (sulfide) groups is 1. The summed E-state index contributed by atoms with van der Waals surface area (Å²) in [6.07, 6.45) is 1.85. The Morgan fingerprint density at radius 3 is 2.64 bits per heavy atom. The highest BCUT2D eigenvalue weighted by Crippen LogP contribution is 2.12. The molecule has 0 rings (SSSR count). The summed E-state index contributed by atoms with van der Waals surface area (Å²) in [6.45, 7) is 6.04. The van der Waals surface area contributed by atoms with Crippen molar-refractivity contribution in [2.75, 3.05) is 12.3 Å². The van der Waals surface area contributed by atoms with Gasteiger partial charge < -0.3 is 10.4 Å². The molecule has 0 saturated heterocycles. The molecular formula is C10H21NO2S. The molecule has 2 unspecified atom stereocenters. The minimum absolute atomic E-state index is 0.0136. The predicted octanol–water partition coefficient (Wildman–Crippen LogP) is 1.41. The minimum atomic E-state index is -0.466. The molecule has 2 atom stereocenters. The Labute approximate surface area is 90.7 Å². The third kappa shape index (κ3) is 7.21. The predicted molar refractivity (Wildman–Crippen MR) is 61.5 cm³/mol. The molecular weight excluding hydrogens is 198 g/mol. The number of nitrogens with one attached hydrogen (secondary N) is 1. The Bertz CT molecular complexity index is 162. The Balaban J connectivity index is 3.54. The van der Waals surface area contributed by atoms with Crippen LogP contribution in [0.3, 0.4) is 0 Å². The van der Waals surface area contributed by atoms with Crippen LogP contribution in [0.1, 0.15) is 33.6 Å². The van der Waals surface area contributed by atoms with Crippen molar-refractivity contribution in [1.29, 1.82) is 0 Å². The van der Waals surface area contributed by atoms with Crippen molar-refractivity contribution >= 4 is 17.7 Å². The summed E-state index contributed by atoms with van der Waals surface area (Å²) in [5.41, 5.74) is 0. The second-order valence-electron chi connectivity index (χ2n) is 3.46. The summed E-state index contributed by atoms with van der Waals surface area (Å²) in [5, 5.41) is 11.7. The molecule has 0 fully saturated rings. The van der Waals surface area contributed by atoms with Gasteiger partial charge >= 0.3 is 0 Å². The van der Waals surface area contributed by atoms with Crippen LogP contribution >= 0.6 is 11.8 Å². The average Bonchev–Trinajstić information content (AvgIpc) is 2.14. The standard InChI is InChI=1S/C10H21NO2S/c1-4-5-6-14-9(3)10(13)11-7-8(2)12/h8-9,12H,4-7H2,1-3H3,(H,11,13). The van der Waals surface area contributed by atoms with Gasteiger partial charge in [0.25, 0.3) is 0 Å². The highest BCUT2D eigenvalue weighted by atomic mass is 32.2. The van der Waals surface area contributed by atoms with Gasteiger partial charge in [0.15, 0.2) is 0 Å². The molecule has 3 nitrogen and oxygen atoms in total. The van der Waals surface area contributed by atoms with Crippen molar-refractivity contribution in [3.8, 4) is 0 Å². The van der Waals surface area contributed by atoms with Crippen LogP contribution in [0.2, 0.25) is 0 Å². The molecule has 0 aliphatic carbocycles. The van der Waals surface area contributed by atoms with Gasteiger partial charge in [0, 0.05) is 6.54 Å². The SMILES string of the molecule is CCCCSC(C)C(=O)NCC(C)O. The van der Waals surface area contributed by atoms with Crippen molar-refractivity contribution in [3.63, 3.8) is 0 Å². The Morgan fingerprint density at radius 2 is 2.14 bits per heavy atom. The van der Waals surface area contributed by atoms with E-state index in [0.29, 0.717) is 6.54 Å². The lowest BCUT2D eigenvalue weighted by Crippen LogP contribution is -2.35. The molecule has 0 bridgehead atoms. The highest BCUT2D eigenvalue weighted by molar-refractivity contribution is 8.00. The van der Waals surface area contributed by atoms with Crippen LogP contribution in [0.25, 0.3) is 0 Å². The van der Waals surface area contributed by atoms with Crippen molar-refractivity contribution < 1.29 is 9.90 Å². The molecule has 0 aromatic rings. The van der Waals surface area contributed by atoms with E-state index in [9.17, 15) is 4.79 Å². The van der Waals surface area contributed by atoms with E-state index in [1.807, 2.05) is 6.92 Å². The number of hydrogen-bond donors (Lipinski definition) is 2. The number of aliphatic hydroxyl groups is 1. The zero-order valence-electron chi connectivity index (χ0n) is 9.25. The Kier molecular flexibility index (Phi) is 7.99. The molecule has 0 aliphatic rings. The molecule has 1 amide bonds. The van der Waals surface area contributed by atoms with Crippen LogP contribution in [0.5, 0.6) is 0 Å². The lowest BCUT2D eigenvalue weighted by atomic mass is 10.4. The molecule has 84 valence electrons. The minimum Gasteiger partial charge on any atom is -0.392 e. The van der Waals surface area contributed by atoms with Crippen molar-refractivity contribution in [3.05, 3.63) is 0 Å². The van der Waals surface area contributed by atoms with Gasteiger partial charge in [-0.15, -0.1) is 11.8 Å². The Hall–Kier alpha value is -0.220. The fraction of sp³-hybridized carbons (Fsp3) is 0.900. The maximum absolute atomic E-state index is 11.4. The van der Waals surface area contributed by atoms with E-state index >= 15 is 0 Å². The van der Waals surface area contributed by atoms with Crippen molar-refractivity contribution in [2.45, 2.75) is 45.0 Å². The second kappa shape index (κ2) is 8.12. The lowest BCUT2D eigenvalue weighted by molar-refractivity contribution is -0.120. The number of carbonyl (C=O) groups is 1. The second-order valence-corrected chi connectivity index (χ2v) is 4.91. The van der Waals surface area contributed by atoms with Gasteiger partial charge in [-0.2, -0.15) is 0 Å². The van der Waals surface area contributed by atoms with Crippen LogP contribution in [-0.4, -0.2) is 34.7 Å². The van der Waals surface area contributed by atoms with E-state index < -0.39 is 6.10 Å². The number of rotatable bonds is 7. The molecule has 4 heteroatoms. The van der Waals surface area contributed by atoms with Gasteiger partial charge in [0.2, 0.25) is 5.91 Å². The van der Waals surface area contributed by atoms with Crippen molar-refractivity contribution in [2.24, 2.45) is 0 Å². The van der Waals surface area contributed by atoms with E-state index in [1.165, 1.54) is 0 Å². The van der Waals surface area contributed by atoms with Crippen LogP contribution in [0, 0.1) is 0 Å². The molecule has 0 radical (unpaired) electrons. The molecule has 0 spiro atoms. The van der Waals surface area contributed by atoms with E-state index in [4.69, 9.17) is 5.11 Å². The average molecular weight is 219 g/mol. The van der Waals surface area contributed by atoms with Gasteiger partial charge in [0.05, 0.1) is 11.4 Å². The monoisotopic (exact) mass is 219 g/mol. The smallest absolute Gasteiger partial charge is 0.232 e. The number of aliphatic hydroxyl groups excluding tert-OH is 1. The van der Waals surface area contributed by atoms with Gasteiger partial charge in [-0.1, -0.05) is 13.3 Å². The molecule has 0 saturated carbocycles. The maximum atomic E-state index is 11.4. The Morgan fingerprint density at radius 1 is 1.50 bits per heavy atom. The number of carbonyl (C=O) groups excluding carboxylic acids is 1. The van der Waals surface area contributed by atoms with E-state index in [1.54, 1.807) is 18.7 Å². The molecule has 2 N–H and O–H groups in total. The van der Waals surface area contributed by atoms with Crippen molar-refractivity contribution in [1.82, 2.24) is 5.32 Å². The van der Waals surface area contributed by atoms with Gasteiger partial charge in [-0.3, -0.25) is 4.79 Å². The largest absolute Gasteiger partial charge is 0.392 e. The summed E-state index contributed by atoms with van der Waals surface area (Å²) in [5.74, 6) is 1.05. The number of amides is 1. The zero-order valence-corrected chi connectivity index (χ0v) is 10.1. The lowest BCUT2D eigenvalue weighted by Gasteiger charge is -2.12. The summed E-state index contributed by atoms with van der Waals surface area (Å²) in [6, 6.07) is 0. The third-order valence-electron chi connectivity index (χ3n) is 1.81. The quantitative estimate of drug-likeness (QED) is 0.636. The molecule has 0 heterocycles. The molecule has 14 heavy (non-hydrogen) atoms. The van der Waals surface area contributed by atoms with Gasteiger partial charge in [0.1, 0.15) is 0 Å². The van der Waals surface area contributed by atoms with Crippen LogP contribution in [0.4, 0.5) is 0 Å². The third-order valence-corrected chi connectivity index (χ3v) is 3.05. The van der Waals surface area contributed by atoms with Crippen LogP contribution < -0.4 is 5.32 Å². The fourth-order valence-electron chi connectivity index (χ4n) is 0.872. The van der Waals surface area contributed by atoms with Gasteiger partial charge in [-0.25, -0.2) is 0 Å². The summed E-state index contributed by atoms with van der Waals surface area (Å²) >= 11 is 1.67. The van der Waals surface area contributed by atoms with E-state index in [-0.39, 0.29) is 11.2 Å². The van der Waals surface area contributed by atoms with Gasteiger partial charge in [-0.05, 0) is 26.0 Å². The van der Waals surface area contributed by atoms with Crippen LogP contribution in [0.15, 0.2) is 0 Å². The first-order valence-electron chi connectivity index (χ1n) is 5.15. The summed E-state index contributed by atoms with van der Waals surface area (Å²) < 4.78 is 0. The normalized spacial score (nSPS) is 14.9. The van der Waals surface area contributed by atoms with E-state index in [0.717, 1.165) is 18.6 Å². The first kappa shape index (κ1) is 13.8. The molecule has 0 aromatic heterocycles. The topological polar surface area (TPSA) is 49.3 Å². The molecule has 0 aromatic carbocycles. The number of hydrogen-bond acceptors (Lipinski definition) is 3. The highest BCUT2D eigenvalue weighted by Gasteiger charge is 2.12. The summed E-state index contributed by atoms with van der Waals surface area (Å²) in [7, 11) is 0. The maximum Gasteiger partial charge on any atom is 0.232 e. The zero-order chi connectivity index (χ0) is 11.0. The van der Waals surface area contributed by atoms with E-state index in [2.05, 4.69) is 12.2 Å².